The van der Waals surface area contributed by atoms with Crippen LogP contribution >= 0.6 is 0 Å². The van der Waals surface area contributed by atoms with E-state index in [2.05, 4.69) is 78.6 Å². The number of allylic oxidation sites excluding steroid dienone is 4. The third-order valence-corrected chi connectivity index (χ3v) is 6.33. The molecule has 1 nitrogen and oxygen atoms in total. The molecule has 0 aromatic carbocycles. The molecular weight excluding hydrogens is 338 g/mol. The quantitative estimate of drug-likeness (QED) is 0.195. The normalized spacial score (nSPS) is 16.3. The van der Waals surface area contributed by atoms with Crippen molar-refractivity contribution in [2.24, 2.45) is 23.2 Å². The molecule has 0 bridgehead atoms. The Balaban J connectivity index is 4.46. The van der Waals surface area contributed by atoms with Crippen molar-refractivity contribution in [2.45, 2.75) is 99.8 Å². The van der Waals surface area contributed by atoms with E-state index in [1.165, 1.54) is 38.5 Å². The van der Waals surface area contributed by atoms with Crippen molar-refractivity contribution >= 4 is 0 Å². The molecule has 28 heavy (non-hydrogen) atoms. The highest BCUT2D eigenvalue weighted by atomic mass is 14.9. The lowest BCUT2D eigenvalue weighted by Crippen LogP contribution is -2.33. The summed E-state index contributed by atoms with van der Waals surface area (Å²) >= 11 is 0. The van der Waals surface area contributed by atoms with E-state index in [-0.39, 0.29) is 5.41 Å². The molecule has 0 amide bonds. The van der Waals surface area contributed by atoms with Crippen LogP contribution in [0.1, 0.15) is 99.8 Å². The van der Waals surface area contributed by atoms with E-state index < -0.39 is 0 Å². The summed E-state index contributed by atoms with van der Waals surface area (Å²) in [6.07, 6.45) is 19.0. The molecule has 0 aliphatic carbocycles. The second-order valence-corrected chi connectivity index (χ2v) is 9.38. The molecule has 1 heteroatoms. The van der Waals surface area contributed by atoms with Crippen LogP contribution < -0.4 is 5.32 Å². The number of rotatable bonds is 17. The molecule has 0 aromatic rings. The van der Waals surface area contributed by atoms with Crippen molar-refractivity contribution in [2.75, 3.05) is 13.1 Å². The highest BCUT2D eigenvalue weighted by Gasteiger charge is 2.24. The molecule has 0 aromatic heterocycles. The first-order valence-corrected chi connectivity index (χ1v) is 12.0. The van der Waals surface area contributed by atoms with Gasteiger partial charge in [0.15, 0.2) is 0 Å². The molecule has 0 heterocycles. The molecule has 164 valence electrons. The molecule has 1 N–H and O–H groups in total. The zero-order valence-electron chi connectivity index (χ0n) is 20.3. The molecule has 1 unspecified atom stereocenters. The van der Waals surface area contributed by atoms with E-state index in [0.29, 0.717) is 5.92 Å². The fraction of sp³-hybridized carbons (Fsp3) is 0.778. The summed E-state index contributed by atoms with van der Waals surface area (Å²) in [5.41, 5.74) is 1.89. The lowest BCUT2D eigenvalue weighted by atomic mass is 9.78. The van der Waals surface area contributed by atoms with Crippen LogP contribution in [0.2, 0.25) is 0 Å². The molecule has 0 radical (unpaired) electrons. The van der Waals surface area contributed by atoms with E-state index >= 15 is 0 Å². The van der Waals surface area contributed by atoms with Gasteiger partial charge in [0, 0.05) is 6.54 Å². The van der Waals surface area contributed by atoms with Crippen LogP contribution in [0.25, 0.3) is 0 Å². The van der Waals surface area contributed by atoms with Gasteiger partial charge < -0.3 is 5.32 Å². The van der Waals surface area contributed by atoms with Crippen LogP contribution in [0, 0.1) is 23.2 Å². The van der Waals surface area contributed by atoms with Gasteiger partial charge in [0.05, 0.1) is 0 Å². The smallest absolute Gasteiger partial charge is 0.00399 e. The lowest BCUT2D eigenvalue weighted by Gasteiger charge is -2.31. The van der Waals surface area contributed by atoms with Gasteiger partial charge >= 0.3 is 0 Å². The van der Waals surface area contributed by atoms with Crippen molar-refractivity contribution in [1.29, 1.82) is 0 Å². The number of hydrogen-bond acceptors (Lipinski definition) is 1. The SMILES string of the molecule is C=CCCC/C=C\[C@@H](C)C(CC)CCNCC(C)(C)/C(=C/CC)C[C@@H](C)CC. The molecule has 0 saturated carbocycles. The van der Waals surface area contributed by atoms with Gasteiger partial charge in [0.25, 0.3) is 0 Å². The Morgan fingerprint density at radius 2 is 1.79 bits per heavy atom. The summed E-state index contributed by atoms with van der Waals surface area (Å²) in [4.78, 5) is 0. The highest BCUT2D eigenvalue weighted by Crippen LogP contribution is 2.32. The van der Waals surface area contributed by atoms with E-state index in [0.717, 1.165) is 37.8 Å². The van der Waals surface area contributed by atoms with Gasteiger partial charge in [-0.3, -0.25) is 0 Å². The molecule has 0 rings (SSSR count). The van der Waals surface area contributed by atoms with E-state index in [9.17, 15) is 0 Å². The van der Waals surface area contributed by atoms with Crippen LogP contribution in [-0.2, 0) is 0 Å². The van der Waals surface area contributed by atoms with Crippen LogP contribution in [-0.4, -0.2) is 13.1 Å². The fourth-order valence-corrected chi connectivity index (χ4v) is 3.89. The lowest BCUT2D eigenvalue weighted by molar-refractivity contribution is 0.338. The van der Waals surface area contributed by atoms with Crippen molar-refractivity contribution in [1.82, 2.24) is 5.32 Å². The first kappa shape index (κ1) is 27.2. The predicted molar refractivity (Wildman–Crippen MR) is 130 cm³/mol. The van der Waals surface area contributed by atoms with Crippen molar-refractivity contribution in [3.63, 3.8) is 0 Å². The van der Waals surface area contributed by atoms with Crippen molar-refractivity contribution < 1.29 is 0 Å². The summed E-state index contributed by atoms with van der Waals surface area (Å²) < 4.78 is 0. The fourth-order valence-electron chi connectivity index (χ4n) is 3.89. The molecule has 0 saturated heterocycles. The third kappa shape index (κ3) is 11.9. The maximum Gasteiger partial charge on any atom is 0.00399 e. The zero-order chi connectivity index (χ0) is 21.4. The third-order valence-electron chi connectivity index (χ3n) is 6.33. The maximum atomic E-state index is 3.80. The minimum Gasteiger partial charge on any atom is -0.316 e. The van der Waals surface area contributed by atoms with Gasteiger partial charge in [-0.05, 0) is 68.2 Å². The number of nitrogens with one attached hydrogen (secondary N) is 1. The molecule has 0 fully saturated rings. The largest absolute Gasteiger partial charge is 0.316 e. The minimum atomic E-state index is 0.248. The molecule has 0 aliphatic rings. The Morgan fingerprint density at radius 1 is 1.07 bits per heavy atom. The molecular formula is C27H51N. The highest BCUT2D eigenvalue weighted by molar-refractivity contribution is 5.13. The number of unbranched alkanes of at least 4 members (excludes halogenated alkanes) is 2. The standard InChI is InChI=1S/C27H51N/c1-9-13-14-15-16-18-24(6)25(12-4)19-20-28-22-27(7,8)26(17-10-2)21-23(5)11-3/h9,16-18,23-25,28H,1,10-15,19-22H2,2-8H3/b18-16-,26-17+/t23-,24+,25?/m0/s1. The topological polar surface area (TPSA) is 12.0 Å². The van der Waals surface area contributed by atoms with Crippen LogP contribution in [0.3, 0.4) is 0 Å². The van der Waals surface area contributed by atoms with Crippen LogP contribution in [0.4, 0.5) is 0 Å². The monoisotopic (exact) mass is 389 g/mol. The van der Waals surface area contributed by atoms with Crippen LogP contribution in [0.5, 0.6) is 0 Å². The summed E-state index contributed by atoms with van der Waals surface area (Å²) in [5.74, 6) is 2.22. The Bertz CT molecular complexity index is 443. The molecule has 0 spiro atoms. The van der Waals surface area contributed by atoms with Crippen molar-refractivity contribution in [3.05, 3.63) is 36.5 Å². The van der Waals surface area contributed by atoms with Gasteiger partial charge in [0.1, 0.15) is 0 Å². The minimum absolute atomic E-state index is 0.248. The van der Waals surface area contributed by atoms with Gasteiger partial charge in [-0.15, -0.1) is 6.58 Å². The average molecular weight is 390 g/mol. The van der Waals surface area contributed by atoms with E-state index in [1.54, 1.807) is 5.57 Å². The Hall–Kier alpha value is -0.820. The second-order valence-electron chi connectivity index (χ2n) is 9.38. The van der Waals surface area contributed by atoms with Crippen LogP contribution in [0.15, 0.2) is 36.5 Å². The maximum absolute atomic E-state index is 3.80. The summed E-state index contributed by atoms with van der Waals surface area (Å²) in [6.45, 7) is 22.5. The average Bonchev–Trinajstić information content (AvgIpc) is 2.67. The Labute approximate surface area is 178 Å². The molecule has 3 atom stereocenters. The van der Waals surface area contributed by atoms with E-state index in [4.69, 9.17) is 0 Å². The summed E-state index contributed by atoms with van der Waals surface area (Å²) in [5, 5.41) is 3.78. The van der Waals surface area contributed by atoms with Crippen molar-refractivity contribution in [3.8, 4) is 0 Å². The first-order valence-electron chi connectivity index (χ1n) is 12.0. The number of hydrogen-bond donors (Lipinski definition) is 1. The van der Waals surface area contributed by atoms with E-state index in [1.807, 2.05) is 6.08 Å². The zero-order valence-corrected chi connectivity index (χ0v) is 20.3. The Morgan fingerprint density at radius 3 is 2.36 bits per heavy atom. The summed E-state index contributed by atoms with van der Waals surface area (Å²) in [6, 6.07) is 0. The summed E-state index contributed by atoms with van der Waals surface area (Å²) in [7, 11) is 0. The van der Waals surface area contributed by atoms with Gasteiger partial charge in [-0.2, -0.15) is 0 Å². The second kappa shape index (κ2) is 16.0. The van der Waals surface area contributed by atoms with Gasteiger partial charge in [-0.25, -0.2) is 0 Å². The van der Waals surface area contributed by atoms with Gasteiger partial charge in [-0.1, -0.05) is 91.2 Å². The molecule has 0 aliphatic heterocycles. The predicted octanol–water partition coefficient (Wildman–Crippen LogP) is 8.34. The Kier molecular flexibility index (Phi) is 15.6. The first-order chi connectivity index (χ1) is 13.3. The van der Waals surface area contributed by atoms with Gasteiger partial charge in [0.2, 0.25) is 0 Å².